The van der Waals surface area contributed by atoms with Gasteiger partial charge in [-0.2, -0.15) is 5.26 Å². The number of anilines is 1. The molecule has 0 fully saturated rings. The van der Waals surface area contributed by atoms with Gasteiger partial charge in [0.15, 0.2) is 0 Å². The summed E-state index contributed by atoms with van der Waals surface area (Å²) in [7, 11) is 0. The normalized spacial score (nSPS) is 11.0. The maximum Gasteiger partial charge on any atom is 0.338 e. The second-order valence-electron chi connectivity index (χ2n) is 6.45. The number of esters is 1. The van der Waals surface area contributed by atoms with Gasteiger partial charge in [0, 0.05) is 22.8 Å². The molecule has 0 atom stereocenters. The molecule has 29 heavy (non-hydrogen) atoms. The molecule has 2 aromatic carbocycles. The van der Waals surface area contributed by atoms with E-state index in [1.54, 1.807) is 37.4 Å². The minimum Gasteiger partial charge on any atom is -0.462 e. The Labute approximate surface area is 174 Å². The van der Waals surface area contributed by atoms with Crippen molar-refractivity contribution in [1.82, 2.24) is 4.98 Å². The number of ether oxygens (including phenoxy) is 1. The number of benzene rings is 2. The molecule has 5 nitrogen and oxygen atoms in total. The van der Waals surface area contributed by atoms with Gasteiger partial charge in [-0.3, -0.25) is 0 Å². The molecule has 1 aromatic heterocycles. The summed E-state index contributed by atoms with van der Waals surface area (Å²) in [5.74, 6) is -0.353. The first-order chi connectivity index (χ1) is 14.0. The Morgan fingerprint density at radius 3 is 2.62 bits per heavy atom. The molecule has 6 heteroatoms. The Kier molecular flexibility index (Phi) is 6.43. The molecule has 0 radical (unpaired) electrons. The first-order valence-electron chi connectivity index (χ1n) is 9.19. The van der Waals surface area contributed by atoms with Crippen LogP contribution in [-0.4, -0.2) is 17.6 Å². The summed E-state index contributed by atoms with van der Waals surface area (Å²) in [4.78, 5) is 16.3. The number of aryl methyl sites for hydroxylation is 2. The van der Waals surface area contributed by atoms with E-state index in [0.717, 1.165) is 16.9 Å². The maximum atomic E-state index is 11.7. The highest BCUT2D eigenvalue weighted by Gasteiger charge is 2.10. The molecular weight excluding hydrogens is 382 g/mol. The number of carbonyl (C=O) groups is 1. The van der Waals surface area contributed by atoms with E-state index in [2.05, 4.69) is 42.4 Å². The fourth-order valence-electron chi connectivity index (χ4n) is 2.65. The summed E-state index contributed by atoms with van der Waals surface area (Å²) in [6.45, 7) is 6.26. The molecule has 0 unspecified atom stereocenters. The third kappa shape index (κ3) is 4.89. The smallest absolute Gasteiger partial charge is 0.338 e. The molecule has 3 aromatic rings. The van der Waals surface area contributed by atoms with Gasteiger partial charge >= 0.3 is 5.97 Å². The van der Waals surface area contributed by atoms with Crippen molar-refractivity contribution in [1.29, 1.82) is 5.26 Å². The summed E-state index contributed by atoms with van der Waals surface area (Å²) >= 11 is 1.43. The van der Waals surface area contributed by atoms with Crippen LogP contribution in [0.25, 0.3) is 16.8 Å². The lowest BCUT2D eigenvalue weighted by atomic mass is 10.1. The van der Waals surface area contributed by atoms with Crippen molar-refractivity contribution in [2.45, 2.75) is 20.8 Å². The van der Waals surface area contributed by atoms with Crippen LogP contribution >= 0.6 is 11.3 Å². The molecule has 3 rings (SSSR count). The fraction of sp³-hybridized carbons (Fsp3) is 0.174. The molecule has 0 saturated carbocycles. The second kappa shape index (κ2) is 9.18. The zero-order valence-electron chi connectivity index (χ0n) is 16.5. The van der Waals surface area contributed by atoms with Gasteiger partial charge in [0.2, 0.25) is 0 Å². The van der Waals surface area contributed by atoms with Crippen molar-refractivity contribution in [2.75, 3.05) is 11.9 Å². The quantitative estimate of drug-likeness (QED) is 0.429. The predicted molar refractivity (Wildman–Crippen MR) is 117 cm³/mol. The van der Waals surface area contributed by atoms with E-state index in [4.69, 9.17) is 4.74 Å². The summed E-state index contributed by atoms with van der Waals surface area (Å²) in [6.07, 6.45) is 1.63. The van der Waals surface area contributed by atoms with Crippen molar-refractivity contribution in [3.8, 4) is 17.3 Å². The highest BCUT2D eigenvalue weighted by Crippen LogP contribution is 2.27. The number of nitriles is 1. The van der Waals surface area contributed by atoms with Crippen LogP contribution < -0.4 is 5.32 Å². The van der Waals surface area contributed by atoms with E-state index in [-0.39, 0.29) is 5.97 Å². The summed E-state index contributed by atoms with van der Waals surface area (Å²) < 4.78 is 4.97. The predicted octanol–water partition coefficient (Wildman–Crippen LogP) is 5.58. The van der Waals surface area contributed by atoms with Crippen LogP contribution in [-0.2, 0) is 4.74 Å². The van der Waals surface area contributed by atoms with E-state index < -0.39 is 0 Å². The number of hydrogen-bond donors (Lipinski definition) is 1. The molecule has 146 valence electrons. The van der Waals surface area contributed by atoms with Crippen molar-refractivity contribution >= 4 is 28.6 Å². The Bertz CT molecular complexity index is 1090. The summed E-state index contributed by atoms with van der Waals surface area (Å²) in [6, 6.07) is 15.3. The van der Waals surface area contributed by atoms with E-state index in [1.165, 1.54) is 22.5 Å². The first kappa shape index (κ1) is 20.3. The van der Waals surface area contributed by atoms with Crippen molar-refractivity contribution in [2.24, 2.45) is 0 Å². The van der Waals surface area contributed by atoms with E-state index in [1.807, 2.05) is 11.4 Å². The molecule has 0 aliphatic rings. The van der Waals surface area contributed by atoms with Gasteiger partial charge < -0.3 is 10.1 Å². The average Bonchev–Trinajstić information content (AvgIpc) is 3.21. The Balaban J connectivity index is 1.75. The van der Waals surface area contributed by atoms with E-state index in [9.17, 15) is 10.1 Å². The van der Waals surface area contributed by atoms with Crippen LogP contribution in [0.4, 0.5) is 5.69 Å². The highest BCUT2D eigenvalue weighted by molar-refractivity contribution is 7.11. The van der Waals surface area contributed by atoms with Crippen LogP contribution in [0.15, 0.2) is 54.0 Å². The van der Waals surface area contributed by atoms with Gasteiger partial charge in [0.1, 0.15) is 16.6 Å². The Hall–Kier alpha value is -3.43. The Morgan fingerprint density at radius 2 is 1.97 bits per heavy atom. The SMILES string of the molecule is CCOC(=O)c1ccc(N/C=C(/C#N)c2nc(-c3ccc(C)c(C)c3)cs2)cc1. The van der Waals surface area contributed by atoms with Crippen molar-refractivity contribution in [3.63, 3.8) is 0 Å². The molecule has 0 aliphatic heterocycles. The summed E-state index contributed by atoms with van der Waals surface area (Å²) in [5.41, 5.74) is 6.03. The minimum absolute atomic E-state index is 0.338. The van der Waals surface area contributed by atoms with Gasteiger partial charge in [-0.1, -0.05) is 12.1 Å². The zero-order chi connectivity index (χ0) is 20.8. The number of rotatable bonds is 6. The van der Waals surface area contributed by atoms with E-state index in [0.29, 0.717) is 22.8 Å². The highest BCUT2D eigenvalue weighted by atomic mass is 32.1. The number of nitrogens with zero attached hydrogens (tertiary/aromatic N) is 2. The number of aromatic nitrogens is 1. The van der Waals surface area contributed by atoms with Crippen molar-refractivity contribution in [3.05, 3.63) is 75.7 Å². The largest absolute Gasteiger partial charge is 0.462 e. The molecule has 0 spiro atoms. The van der Waals surface area contributed by atoms with Crippen LogP contribution in [0, 0.1) is 25.2 Å². The fourth-order valence-corrected chi connectivity index (χ4v) is 3.44. The third-order valence-electron chi connectivity index (χ3n) is 4.44. The van der Waals surface area contributed by atoms with Gasteiger partial charge in [-0.05, 0) is 62.2 Å². The van der Waals surface area contributed by atoms with Crippen LogP contribution in [0.3, 0.4) is 0 Å². The summed E-state index contributed by atoms with van der Waals surface area (Å²) in [5, 5.41) is 15.2. The first-order valence-corrected chi connectivity index (χ1v) is 10.1. The van der Waals surface area contributed by atoms with Crippen LogP contribution in [0.2, 0.25) is 0 Å². The van der Waals surface area contributed by atoms with Crippen LogP contribution in [0.5, 0.6) is 0 Å². The topological polar surface area (TPSA) is 75.0 Å². The standard InChI is InChI=1S/C23H21N3O2S/c1-4-28-23(27)17-7-9-20(10-8-17)25-13-19(12-24)22-26-21(14-29-22)18-6-5-15(2)16(3)11-18/h5-11,13-14,25H,4H2,1-3H3/b19-13-. The number of nitrogens with one attached hydrogen (secondary N) is 1. The second-order valence-corrected chi connectivity index (χ2v) is 7.31. The van der Waals surface area contributed by atoms with Gasteiger partial charge in [0.25, 0.3) is 0 Å². The third-order valence-corrected chi connectivity index (χ3v) is 5.31. The van der Waals surface area contributed by atoms with Gasteiger partial charge in [-0.25, -0.2) is 9.78 Å². The monoisotopic (exact) mass is 403 g/mol. The van der Waals surface area contributed by atoms with Crippen LogP contribution in [0.1, 0.15) is 33.4 Å². The van der Waals surface area contributed by atoms with Gasteiger partial charge in [0.05, 0.1) is 17.9 Å². The Morgan fingerprint density at radius 1 is 1.21 bits per heavy atom. The number of allylic oxidation sites excluding steroid dienone is 1. The molecule has 0 bridgehead atoms. The molecule has 0 saturated heterocycles. The zero-order valence-corrected chi connectivity index (χ0v) is 17.3. The average molecular weight is 404 g/mol. The molecule has 1 N–H and O–H groups in total. The lowest BCUT2D eigenvalue weighted by molar-refractivity contribution is 0.0526. The number of carbonyl (C=O) groups excluding carboxylic acids is 1. The van der Waals surface area contributed by atoms with Crippen molar-refractivity contribution < 1.29 is 9.53 Å². The van der Waals surface area contributed by atoms with E-state index >= 15 is 0 Å². The minimum atomic E-state index is -0.353. The molecule has 0 amide bonds. The number of hydrogen-bond acceptors (Lipinski definition) is 6. The van der Waals surface area contributed by atoms with Gasteiger partial charge in [-0.15, -0.1) is 11.3 Å². The lowest BCUT2D eigenvalue weighted by Gasteiger charge is -2.04. The molecule has 0 aliphatic carbocycles. The maximum absolute atomic E-state index is 11.7. The number of thiazole rings is 1. The lowest BCUT2D eigenvalue weighted by Crippen LogP contribution is -2.04. The molecule has 1 heterocycles. The molecular formula is C23H21N3O2S.